The molecule has 0 saturated carbocycles. The third-order valence-corrected chi connectivity index (χ3v) is 4.17. The fourth-order valence-electron chi connectivity index (χ4n) is 2.73. The molecule has 6 nitrogen and oxygen atoms in total. The number of hydrogen-bond donors (Lipinski definition) is 1. The molecule has 0 radical (unpaired) electrons. The van der Waals surface area contributed by atoms with Gasteiger partial charge in [-0.25, -0.2) is 0 Å². The molecule has 0 aromatic heterocycles. The van der Waals surface area contributed by atoms with Crippen LogP contribution in [-0.4, -0.2) is 54.4 Å². The number of carboxylic acids is 1. The molecule has 0 spiro atoms. The molecule has 1 heterocycles. The highest BCUT2D eigenvalue weighted by Gasteiger charge is 2.30. The summed E-state index contributed by atoms with van der Waals surface area (Å²) in [4.78, 5) is 24.4. The van der Waals surface area contributed by atoms with E-state index in [1.54, 1.807) is 0 Å². The third-order valence-electron chi connectivity index (χ3n) is 4.17. The molecule has 1 aliphatic heterocycles. The number of amides is 1. The van der Waals surface area contributed by atoms with Crippen LogP contribution in [0.15, 0.2) is 24.3 Å². The first kappa shape index (κ1) is 21.2. The van der Waals surface area contributed by atoms with Gasteiger partial charge in [-0.15, -0.1) is 0 Å². The van der Waals surface area contributed by atoms with Crippen molar-refractivity contribution in [2.24, 2.45) is 0 Å². The standard InChI is InChI=1S/C18H22F3NO5/c19-18(20,21)14-3-1-13(2-4-14)11-22(12-17(24)25)16(23)7-10-27-15-5-8-26-9-6-15/h1-4,15H,5-12H2,(H,24,25). The summed E-state index contributed by atoms with van der Waals surface area (Å²) in [5.74, 6) is -1.62. The molecule has 1 aromatic carbocycles. The van der Waals surface area contributed by atoms with E-state index in [9.17, 15) is 22.8 Å². The number of nitrogens with zero attached hydrogens (tertiary/aromatic N) is 1. The van der Waals surface area contributed by atoms with Gasteiger partial charge in [0.05, 0.1) is 24.7 Å². The Morgan fingerprint density at radius 1 is 1.19 bits per heavy atom. The van der Waals surface area contributed by atoms with Gasteiger partial charge in [-0.2, -0.15) is 13.2 Å². The predicted octanol–water partition coefficient (Wildman–Crippen LogP) is 2.70. The Hall–Kier alpha value is -2.13. The Morgan fingerprint density at radius 3 is 2.37 bits per heavy atom. The molecule has 0 atom stereocenters. The van der Waals surface area contributed by atoms with Crippen molar-refractivity contribution in [2.75, 3.05) is 26.4 Å². The number of hydrogen-bond acceptors (Lipinski definition) is 4. The number of carbonyl (C=O) groups is 2. The monoisotopic (exact) mass is 389 g/mol. The van der Waals surface area contributed by atoms with E-state index < -0.39 is 30.2 Å². The fourth-order valence-corrected chi connectivity index (χ4v) is 2.73. The van der Waals surface area contributed by atoms with Gasteiger partial charge in [-0.05, 0) is 30.5 Å². The van der Waals surface area contributed by atoms with Crippen molar-refractivity contribution in [3.8, 4) is 0 Å². The Balaban J connectivity index is 1.91. The first-order valence-corrected chi connectivity index (χ1v) is 8.61. The summed E-state index contributed by atoms with van der Waals surface area (Å²) in [6, 6.07) is 4.30. The maximum atomic E-state index is 12.6. The maximum Gasteiger partial charge on any atom is 0.416 e. The number of benzene rings is 1. The Bertz CT molecular complexity index is 627. The molecule has 9 heteroatoms. The van der Waals surface area contributed by atoms with Crippen molar-refractivity contribution in [2.45, 2.75) is 38.1 Å². The van der Waals surface area contributed by atoms with Crippen molar-refractivity contribution in [1.29, 1.82) is 0 Å². The van der Waals surface area contributed by atoms with Crippen LogP contribution in [-0.2, 0) is 31.8 Å². The van der Waals surface area contributed by atoms with E-state index in [-0.39, 0.29) is 25.7 Å². The topological polar surface area (TPSA) is 76.1 Å². The third kappa shape index (κ3) is 7.18. The molecule has 27 heavy (non-hydrogen) atoms. The van der Waals surface area contributed by atoms with E-state index in [0.29, 0.717) is 18.8 Å². The largest absolute Gasteiger partial charge is 0.480 e. The van der Waals surface area contributed by atoms with Crippen molar-refractivity contribution >= 4 is 11.9 Å². The van der Waals surface area contributed by atoms with Crippen LogP contribution >= 0.6 is 0 Å². The number of aliphatic carboxylic acids is 1. The molecule has 0 unspecified atom stereocenters. The van der Waals surface area contributed by atoms with E-state index in [0.717, 1.165) is 29.9 Å². The number of ether oxygens (including phenoxy) is 2. The van der Waals surface area contributed by atoms with Crippen molar-refractivity contribution in [3.63, 3.8) is 0 Å². The van der Waals surface area contributed by atoms with Gasteiger partial charge in [0.2, 0.25) is 5.91 Å². The minimum Gasteiger partial charge on any atom is -0.480 e. The minimum absolute atomic E-state index is 0.00523. The number of rotatable bonds is 8. The second-order valence-electron chi connectivity index (χ2n) is 6.27. The Morgan fingerprint density at radius 2 is 1.81 bits per heavy atom. The van der Waals surface area contributed by atoms with Gasteiger partial charge in [0.25, 0.3) is 0 Å². The molecular formula is C18H22F3NO5. The molecule has 150 valence electrons. The minimum atomic E-state index is -4.45. The van der Waals surface area contributed by atoms with E-state index >= 15 is 0 Å². The maximum absolute atomic E-state index is 12.6. The van der Waals surface area contributed by atoms with Gasteiger partial charge in [0.15, 0.2) is 0 Å². The molecule has 1 amide bonds. The van der Waals surface area contributed by atoms with Gasteiger partial charge >= 0.3 is 12.1 Å². The van der Waals surface area contributed by atoms with Gasteiger partial charge in [-0.1, -0.05) is 12.1 Å². The highest BCUT2D eigenvalue weighted by Crippen LogP contribution is 2.29. The molecule has 1 N–H and O–H groups in total. The van der Waals surface area contributed by atoms with Crippen molar-refractivity contribution in [1.82, 2.24) is 4.90 Å². The van der Waals surface area contributed by atoms with Crippen molar-refractivity contribution < 1.29 is 37.3 Å². The summed E-state index contributed by atoms with van der Waals surface area (Å²) in [7, 11) is 0. The van der Waals surface area contributed by atoms with E-state index in [2.05, 4.69) is 0 Å². The average Bonchev–Trinajstić information content (AvgIpc) is 2.61. The van der Waals surface area contributed by atoms with Gasteiger partial charge < -0.3 is 19.5 Å². The first-order valence-electron chi connectivity index (χ1n) is 8.61. The van der Waals surface area contributed by atoms with Crippen LogP contribution in [0.1, 0.15) is 30.4 Å². The number of halogens is 3. The summed E-state index contributed by atoms with van der Waals surface area (Å²) >= 11 is 0. The lowest BCUT2D eigenvalue weighted by Crippen LogP contribution is -2.36. The zero-order valence-electron chi connectivity index (χ0n) is 14.7. The van der Waals surface area contributed by atoms with Crippen LogP contribution in [0.25, 0.3) is 0 Å². The fraction of sp³-hybridized carbons (Fsp3) is 0.556. The molecule has 1 fully saturated rings. The van der Waals surface area contributed by atoms with Gasteiger partial charge in [-0.3, -0.25) is 9.59 Å². The number of carbonyl (C=O) groups excluding carboxylic acids is 1. The van der Waals surface area contributed by atoms with Crippen LogP contribution in [0.3, 0.4) is 0 Å². The molecular weight excluding hydrogens is 367 g/mol. The van der Waals surface area contributed by atoms with E-state index in [1.807, 2.05) is 0 Å². The summed E-state index contributed by atoms with van der Waals surface area (Å²) in [5.41, 5.74) is -0.379. The zero-order valence-corrected chi connectivity index (χ0v) is 14.7. The summed E-state index contributed by atoms with van der Waals surface area (Å²) in [6.45, 7) is 0.764. The van der Waals surface area contributed by atoms with Crippen LogP contribution in [0.2, 0.25) is 0 Å². The predicted molar refractivity (Wildman–Crippen MR) is 88.9 cm³/mol. The highest BCUT2D eigenvalue weighted by molar-refractivity contribution is 5.81. The number of carboxylic acid groups (broad SMARTS) is 1. The van der Waals surface area contributed by atoms with Gasteiger partial charge in [0.1, 0.15) is 6.54 Å². The molecule has 2 rings (SSSR count). The first-order chi connectivity index (χ1) is 12.8. The highest BCUT2D eigenvalue weighted by atomic mass is 19.4. The van der Waals surface area contributed by atoms with Gasteiger partial charge in [0, 0.05) is 19.8 Å². The lowest BCUT2D eigenvalue weighted by Gasteiger charge is -2.24. The van der Waals surface area contributed by atoms with E-state index in [4.69, 9.17) is 14.6 Å². The SMILES string of the molecule is O=C(O)CN(Cc1ccc(C(F)(F)F)cc1)C(=O)CCOC1CCOCC1. The lowest BCUT2D eigenvalue weighted by molar-refractivity contribution is -0.145. The Labute approximate surface area is 154 Å². The summed E-state index contributed by atoms with van der Waals surface area (Å²) in [6.07, 6.45) is -2.92. The van der Waals surface area contributed by atoms with Crippen LogP contribution in [0.5, 0.6) is 0 Å². The second-order valence-corrected chi connectivity index (χ2v) is 6.27. The van der Waals surface area contributed by atoms with Crippen LogP contribution in [0, 0.1) is 0 Å². The Kier molecular flexibility index (Phi) is 7.61. The smallest absolute Gasteiger partial charge is 0.416 e. The van der Waals surface area contributed by atoms with Crippen LogP contribution < -0.4 is 0 Å². The molecule has 1 aromatic rings. The van der Waals surface area contributed by atoms with E-state index in [1.165, 1.54) is 12.1 Å². The normalized spacial score (nSPS) is 15.5. The second kappa shape index (κ2) is 9.70. The summed E-state index contributed by atoms with van der Waals surface area (Å²) < 4.78 is 48.7. The van der Waals surface area contributed by atoms with Crippen molar-refractivity contribution in [3.05, 3.63) is 35.4 Å². The molecule has 0 bridgehead atoms. The zero-order chi connectivity index (χ0) is 19.9. The quantitative estimate of drug-likeness (QED) is 0.740. The number of alkyl halides is 3. The lowest BCUT2D eigenvalue weighted by atomic mass is 10.1. The molecule has 1 aliphatic rings. The average molecular weight is 389 g/mol. The summed E-state index contributed by atoms with van der Waals surface area (Å²) in [5, 5.41) is 9.00. The molecule has 0 aliphatic carbocycles. The van der Waals surface area contributed by atoms with Crippen LogP contribution in [0.4, 0.5) is 13.2 Å². The molecule has 1 saturated heterocycles.